The van der Waals surface area contributed by atoms with Gasteiger partial charge in [-0.15, -0.1) is 0 Å². The lowest BCUT2D eigenvalue weighted by Gasteiger charge is -2.32. The highest BCUT2D eigenvalue weighted by Gasteiger charge is 2.37. The first-order chi connectivity index (χ1) is 20.6. The Morgan fingerprint density at radius 2 is 1.53 bits per heavy atom. The maximum atomic E-state index is 14.4. The molecule has 1 aromatic heterocycles. The van der Waals surface area contributed by atoms with Crippen LogP contribution in [0.1, 0.15) is 48.5 Å². The molecule has 0 aliphatic carbocycles. The van der Waals surface area contributed by atoms with Crippen LogP contribution in [0.5, 0.6) is 17.2 Å². The van der Waals surface area contributed by atoms with Crippen LogP contribution in [0.4, 0.5) is 11.4 Å². The molecule has 3 amide bonds. The Kier molecular flexibility index (Phi) is 9.51. The van der Waals surface area contributed by atoms with Gasteiger partial charge in [0.25, 0.3) is 11.8 Å². The highest BCUT2D eigenvalue weighted by molar-refractivity contribution is 7.09. The summed E-state index contributed by atoms with van der Waals surface area (Å²) < 4.78 is 20.7. The van der Waals surface area contributed by atoms with Gasteiger partial charge in [0, 0.05) is 12.2 Å². The Morgan fingerprint density at radius 3 is 2.05 bits per heavy atom. The molecule has 12 heteroatoms. The number of hydrogen-bond acceptors (Lipinski definition) is 9. The third kappa shape index (κ3) is 6.54. The van der Waals surface area contributed by atoms with E-state index in [1.54, 1.807) is 24.3 Å². The van der Waals surface area contributed by atoms with Crippen LogP contribution < -0.4 is 35.9 Å². The molecule has 0 radical (unpaired) electrons. The van der Waals surface area contributed by atoms with Gasteiger partial charge in [-0.3, -0.25) is 19.3 Å². The van der Waals surface area contributed by atoms with Crippen LogP contribution in [0.15, 0.2) is 60.7 Å². The molecule has 0 saturated heterocycles. The lowest BCUT2D eigenvalue weighted by atomic mass is 10.00. The minimum Gasteiger partial charge on any atom is -0.493 e. The number of nitrogens with one attached hydrogen (secondary N) is 1. The normalized spacial score (nSPS) is 11.4. The van der Waals surface area contributed by atoms with Crippen molar-refractivity contribution in [3.8, 4) is 17.2 Å². The van der Waals surface area contributed by atoms with E-state index in [4.69, 9.17) is 25.7 Å². The first-order valence-corrected chi connectivity index (χ1v) is 13.9. The summed E-state index contributed by atoms with van der Waals surface area (Å²) in [6.45, 7) is 3.97. The molecule has 0 saturated carbocycles. The summed E-state index contributed by atoms with van der Waals surface area (Å²) in [6.07, 6.45) is 0. The van der Waals surface area contributed by atoms with Crippen molar-refractivity contribution in [2.24, 2.45) is 5.73 Å². The molecule has 4 rings (SSSR count). The summed E-state index contributed by atoms with van der Waals surface area (Å²) in [5, 5.41) is 2.96. The van der Waals surface area contributed by atoms with E-state index in [0.717, 1.165) is 28.2 Å². The number of aromatic nitrogens is 1. The number of nitrogen functional groups attached to an aromatic ring is 1. The lowest BCUT2D eigenvalue weighted by Crippen LogP contribution is -2.44. The Hall–Kier alpha value is -5.10. The van der Waals surface area contributed by atoms with E-state index >= 15 is 0 Å². The van der Waals surface area contributed by atoms with Crippen molar-refractivity contribution in [1.29, 1.82) is 0 Å². The van der Waals surface area contributed by atoms with Gasteiger partial charge in [0.1, 0.15) is 10.9 Å². The van der Waals surface area contributed by atoms with E-state index in [1.807, 2.05) is 50.2 Å². The second kappa shape index (κ2) is 13.3. The molecule has 1 unspecified atom stereocenters. The number of amides is 3. The minimum atomic E-state index is -1.26. The van der Waals surface area contributed by atoms with Crippen molar-refractivity contribution in [3.63, 3.8) is 0 Å². The van der Waals surface area contributed by atoms with Crippen molar-refractivity contribution in [2.75, 3.05) is 32.0 Å². The van der Waals surface area contributed by atoms with Crippen LogP contribution in [0.3, 0.4) is 0 Å². The van der Waals surface area contributed by atoms with E-state index < -0.39 is 23.8 Å². The summed E-state index contributed by atoms with van der Waals surface area (Å²) in [4.78, 5) is 41.9. The monoisotopic (exact) mass is 603 g/mol. The molecule has 0 aliphatic heterocycles. The Morgan fingerprint density at radius 1 is 0.930 bits per heavy atom. The third-order valence-corrected chi connectivity index (χ3v) is 7.53. The average molecular weight is 604 g/mol. The highest BCUT2D eigenvalue weighted by Crippen LogP contribution is 2.42. The zero-order chi connectivity index (χ0) is 31.3. The molecule has 5 N–H and O–H groups in total. The first-order valence-electron chi connectivity index (χ1n) is 13.2. The molecule has 43 heavy (non-hydrogen) atoms. The number of methoxy groups -OCH3 is 3. The Balaban J connectivity index is 1.96. The molecule has 224 valence electrons. The SMILES string of the molecule is COc1cc(C(C(=O)NCc2ccccc2)N(C(=O)c2snc(C(N)=O)c2N)c2cc(C)cc(C)c2)cc(OC)c1OC. The molecule has 0 spiro atoms. The number of ether oxygens (including phenoxy) is 3. The number of nitrogens with zero attached hydrogens (tertiary/aromatic N) is 2. The number of nitrogens with two attached hydrogens (primary N) is 2. The van der Waals surface area contributed by atoms with E-state index in [0.29, 0.717) is 28.5 Å². The smallest absolute Gasteiger partial charge is 0.273 e. The third-order valence-electron chi connectivity index (χ3n) is 6.68. The number of primary amides is 1. The maximum absolute atomic E-state index is 14.4. The van der Waals surface area contributed by atoms with Gasteiger partial charge in [-0.2, -0.15) is 4.37 Å². The number of carbonyl (C=O) groups is 3. The van der Waals surface area contributed by atoms with Crippen molar-refractivity contribution < 1.29 is 28.6 Å². The highest BCUT2D eigenvalue weighted by atomic mass is 32.1. The van der Waals surface area contributed by atoms with Crippen molar-refractivity contribution in [1.82, 2.24) is 9.69 Å². The molecule has 0 aliphatic rings. The second-order valence-electron chi connectivity index (χ2n) is 9.72. The van der Waals surface area contributed by atoms with Gasteiger partial charge >= 0.3 is 0 Å². The van der Waals surface area contributed by atoms with E-state index in [9.17, 15) is 14.4 Å². The van der Waals surface area contributed by atoms with Crippen molar-refractivity contribution >= 4 is 40.6 Å². The van der Waals surface area contributed by atoms with E-state index in [-0.39, 0.29) is 22.8 Å². The predicted octanol–water partition coefficient (Wildman–Crippen LogP) is 4.17. The number of hydrogen-bond donors (Lipinski definition) is 3. The second-order valence-corrected chi connectivity index (χ2v) is 10.5. The van der Waals surface area contributed by atoms with Gasteiger partial charge < -0.3 is 31.0 Å². The van der Waals surface area contributed by atoms with Crippen LogP contribution in [-0.4, -0.2) is 43.4 Å². The van der Waals surface area contributed by atoms with Crippen molar-refractivity contribution in [3.05, 3.63) is 93.5 Å². The zero-order valence-corrected chi connectivity index (χ0v) is 25.3. The summed E-state index contributed by atoms with van der Waals surface area (Å²) in [6, 6.07) is 16.9. The van der Waals surface area contributed by atoms with Crippen LogP contribution >= 0.6 is 11.5 Å². The Labute approximate surface area is 253 Å². The first kappa shape index (κ1) is 30.8. The molecule has 0 bridgehead atoms. The summed E-state index contributed by atoms with van der Waals surface area (Å²) in [7, 11) is 4.39. The number of anilines is 2. The molecule has 1 heterocycles. The van der Waals surface area contributed by atoms with E-state index in [2.05, 4.69) is 9.69 Å². The van der Waals surface area contributed by atoms with Gasteiger partial charge in [-0.1, -0.05) is 36.4 Å². The van der Waals surface area contributed by atoms with Crippen LogP contribution in [-0.2, 0) is 11.3 Å². The molecule has 11 nitrogen and oxygen atoms in total. The predicted molar refractivity (Wildman–Crippen MR) is 165 cm³/mol. The molecular formula is C31H33N5O6S. The fourth-order valence-corrected chi connectivity index (χ4v) is 5.51. The van der Waals surface area contributed by atoms with Gasteiger partial charge in [0.15, 0.2) is 17.2 Å². The summed E-state index contributed by atoms with van der Waals surface area (Å²) >= 11 is 0.732. The molecule has 0 fully saturated rings. The number of carbonyl (C=O) groups excluding carboxylic acids is 3. The summed E-state index contributed by atoms with van der Waals surface area (Å²) in [5.74, 6) is -1.12. The molecule has 4 aromatic rings. The van der Waals surface area contributed by atoms with Crippen molar-refractivity contribution in [2.45, 2.75) is 26.4 Å². The van der Waals surface area contributed by atoms with Gasteiger partial charge in [0.2, 0.25) is 11.7 Å². The average Bonchev–Trinajstić information content (AvgIpc) is 3.38. The number of benzene rings is 3. The largest absolute Gasteiger partial charge is 0.493 e. The maximum Gasteiger partial charge on any atom is 0.273 e. The van der Waals surface area contributed by atoms with Gasteiger partial charge in [0.05, 0.1) is 27.0 Å². The van der Waals surface area contributed by atoms with Crippen LogP contribution in [0.2, 0.25) is 0 Å². The Bertz CT molecular complexity index is 1610. The minimum absolute atomic E-state index is 0.0405. The zero-order valence-electron chi connectivity index (χ0n) is 24.5. The van der Waals surface area contributed by atoms with E-state index in [1.165, 1.54) is 26.2 Å². The number of aryl methyl sites for hydroxylation is 2. The van der Waals surface area contributed by atoms with Gasteiger partial charge in [-0.25, -0.2) is 0 Å². The number of rotatable bonds is 11. The quantitative estimate of drug-likeness (QED) is 0.230. The lowest BCUT2D eigenvalue weighted by molar-refractivity contribution is -0.122. The molecule has 1 atom stereocenters. The van der Waals surface area contributed by atoms with Gasteiger partial charge in [-0.05, 0) is 71.9 Å². The fraction of sp³-hybridized carbons (Fsp3) is 0.226. The fourth-order valence-electron chi connectivity index (χ4n) is 4.77. The standard InChI is InChI=1S/C31H33N5O6S/c1-17-11-18(2)13-21(12-17)36(31(39)28-24(32)25(29(33)37)35-43-28)26(30(38)34-16-19-9-7-6-8-10-19)20-14-22(40-3)27(42-5)23(15-20)41-4/h6-15,26H,16,32H2,1-5H3,(H2,33,37)(H,34,38). The topological polar surface area (TPSA) is 159 Å². The van der Waals surface area contributed by atoms with Crippen LogP contribution in [0.25, 0.3) is 0 Å². The van der Waals surface area contributed by atoms with Crippen LogP contribution in [0, 0.1) is 13.8 Å². The molecule has 3 aromatic carbocycles. The summed E-state index contributed by atoms with van der Waals surface area (Å²) in [5.41, 5.74) is 14.6. The molecular weight excluding hydrogens is 570 g/mol.